The van der Waals surface area contributed by atoms with Crippen LogP contribution < -0.4 is 15.4 Å². The van der Waals surface area contributed by atoms with Gasteiger partial charge >= 0.3 is 12.2 Å². The number of hydrogen-bond acceptors (Lipinski definition) is 9. The third kappa shape index (κ3) is 9.68. The van der Waals surface area contributed by atoms with Gasteiger partial charge in [0.05, 0.1) is 18.8 Å². The molecule has 14 nitrogen and oxygen atoms in total. The SMILES string of the molecule is Cc1cccc(CS(=O)(=O)NC(=O)[C@@]23C[C@@H]2/C=C\CCCCC[C@H](NC(=O)OC(C)(C)C)C(=O)N2C[C@H](OC(=O)N4Cc5cccc(F)c5C4)C[C@H]2C(=O)N3)c1. The molecule has 3 aliphatic heterocycles. The molecule has 0 radical (unpaired) electrons. The lowest BCUT2D eigenvalue weighted by Crippen LogP contribution is -2.58. The first-order valence-electron chi connectivity index (χ1n) is 19.0. The summed E-state index contributed by atoms with van der Waals surface area (Å²) in [6.07, 6.45) is 4.00. The lowest BCUT2D eigenvalue weighted by molar-refractivity contribution is -0.141. The number of nitrogens with zero attached hydrogens (tertiary/aromatic N) is 2. The average molecular weight is 796 g/mol. The smallest absolute Gasteiger partial charge is 0.410 e. The number of carbonyl (C=O) groups excluding carboxylic acids is 5. The van der Waals surface area contributed by atoms with Gasteiger partial charge in [0.2, 0.25) is 21.8 Å². The van der Waals surface area contributed by atoms with Crippen molar-refractivity contribution >= 4 is 39.9 Å². The van der Waals surface area contributed by atoms with Gasteiger partial charge in [0.15, 0.2) is 0 Å². The van der Waals surface area contributed by atoms with E-state index in [1.807, 2.05) is 19.1 Å². The zero-order valence-electron chi connectivity index (χ0n) is 32.1. The summed E-state index contributed by atoms with van der Waals surface area (Å²) < 4.78 is 54.4. The van der Waals surface area contributed by atoms with Crippen LogP contribution in [-0.2, 0) is 52.7 Å². The van der Waals surface area contributed by atoms with Crippen LogP contribution in [0.3, 0.4) is 0 Å². The molecule has 1 aliphatic carbocycles. The molecule has 2 fully saturated rings. The Kier molecular flexibility index (Phi) is 11.8. The van der Waals surface area contributed by atoms with E-state index in [4.69, 9.17) is 9.47 Å². The molecule has 2 aromatic rings. The highest BCUT2D eigenvalue weighted by Gasteiger charge is 2.61. The Balaban J connectivity index is 1.25. The minimum Gasteiger partial charge on any atom is -0.444 e. The number of rotatable bonds is 6. The number of carbonyl (C=O) groups is 5. The van der Waals surface area contributed by atoms with Crippen LogP contribution in [0.2, 0.25) is 0 Å². The third-order valence-electron chi connectivity index (χ3n) is 10.5. The second kappa shape index (κ2) is 16.2. The number of aryl methyl sites for hydroxylation is 1. The summed E-state index contributed by atoms with van der Waals surface area (Å²) in [4.78, 5) is 71.6. The highest BCUT2D eigenvalue weighted by Crippen LogP contribution is 2.46. The van der Waals surface area contributed by atoms with Crippen molar-refractivity contribution in [1.29, 1.82) is 0 Å². The molecule has 5 amide bonds. The molecule has 1 saturated carbocycles. The van der Waals surface area contributed by atoms with E-state index < -0.39 is 86.7 Å². The molecule has 1 saturated heterocycles. The molecular formula is C40H50FN5O9S. The zero-order chi connectivity index (χ0) is 40.4. The number of alkyl carbamates (subject to hydrolysis) is 1. The first-order valence-corrected chi connectivity index (χ1v) is 20.7. The minimum atomic E-state index is -4.18. The van der Waals surface area contributed by atoms with Crippen molar-refractivity contribution in [2.24, 2.45) is 5.92 Å². The molecule has 16 heteroatoms. The Bertz CT molecular complexity index is 2020. The lowest BCUT2D eigenvalue weighted by atomic mass is 10.0. The largest absolute Gasteiger partial charge is 0.444 e. The molecular weight excluding hydrogens is 746 g/mol. The fourth-order valence-electron chi connectivity index (χ4n) is 7.63. The summed E-state index contributed by atoms with van der Waals surface area (Å²) in [6.45, 7) is 6.79. The van der Waals surface area contributed by atoms with Crippen molar-refractivity contribution in [3.8, 4) is 0 Å². The fourth-order valence-corrected chi connectivity index (χ4v) is 8.79. The summed E-state index contributed by atoms with van der Waals surface area (Å²) in [6, 6.07) is 9.13. The molecule has 0 spiro atoms. The molecule has 56 heavy (non-hydrogen) atoms. The van der Waals surface area contributed by atoms with Crippen molar-refractivity contribution in [2.75, 3.05) is 6.54 Å². The maximum absolute atomic E-state index is 14.5. The third-order valence-corrected chi connectivity index (χ3v) is 11.7. The van der Waals surface area contributed by atoms with Crippen LogP contribution in [-0.4, -0.2) is 84.0 Å². The summed E-state index contributed by atoms with van der Waals surface area (Å²) in [5.74, 6) is -3.68. The Morgan fingerprint density at radius 2 is 1.82 bits per heavy atom. The van der Waals surface area contributed by atoms with Gasteiger partial charge in [0.1, 0.15) is 35.1 Å². The highest BCUT2D eigenvalue weighted by molar-refractivity contribution is 7.89. The molecule has 302 valence electrons. The molecule has 4 aliphatic rings. The maximum Gasteiger partial charge on any atom is 0.410 e. The van der Waals surface area contributed by atoms with Gasteiger partial charge < -0.3 is 25.0 Å². The van der Waals surface area contributed by atoms with E-state index in [9.17, 15) is 36.8 Å². The van der Waals surface area contributed by atoms with E-state index in [1.54, 1.807) is 57.2 Å². The molecule has 0 aromatic heterocycles. The molecule has 5 atom stereocenters. The zero-order valence-corrected chi connectivity index (χ0v) is 33.0. The van der Waals surface area contributed by atoms with Crippen molar-refractivity contribution in [3.05, 3.63) is 82.7 Å². The topological polar surface area (TPSA) is 181 Å². The normalized spacial score (nSPS) is 26.0. The van der Waals surface area contributed by atoms with Crippen molar-refractivity contribution in [3.63, 3.8) is 0 Å². The maximum atomic E-state index is 14.5. The van der Waals surface area contributed by atoms with Crippen LogP contribution in [0.1, 0.15) is 88.0 Å². The number of halogens is 1. The number of ether oxygens (including phenoxy) is 2. The number of benzene rings is 2. The van der Waals surface area contributed by atoms with E-state index in [0.717, 1.165) is 12.0 Å². The molecule has 3 heterocycles. The number of allylic oxidation sites excluding steroid dienone is 1. The van der Waals surface area contributed by atoms with E-state index in [-0.39, 0.29) is 38.9 Å². The molecule has 6 rings (SSSR count). The number of nitrogens with one attached hydrogen (secondary N) is 3. The van der Waals surface area contributed by atoms with Crippen molar-refractivity contribution in [1.82, 2.24) is 25.2 Å². The van der Waals surface area contributed by atoms with Gasteiger partial charge in [0.25, 0.3) is 5.91 Å². The Hall–Kier alpha value is -4.99. The Morgan fingerprint density at radius 3 is 2.55 bits per heavy atom. The minimum absolute atomic E-state index is 0.0126. The van der Waals surface area contributed by atoms with Gasteiger partial charge in [0, 0.05) is 24.4 Å². The molecule has 0 bridgehead atoms. The number of amides is 5. The van der Waals surface area contributed by atoms with Crippen LogP contribution in [0.5, 0.6) is 0 Å². The second-order valence-electron chi connectivity index (χ2n) is 16.2. The predicted octanol–water partition coefficient (Wildman–Crippen LogP) is 4.49. The van der Waals surface area contributed by atoms with Gasteiger partial charge in [-0.25, -0.2) is 22.4 Å². The monoisotopic (exact) mass is 795 g/mol. The summed E-state index contributed by atoms with van der Waals surface area (Å²) >= 11 is 0. The van der Waals surface area contributed by atoms with E-state index in [1.165, 1.54) is 15.9 Å². The Morgan fingerprint density at radius 1 is 1.05 bits per heavy atom. The van der Waals surface area contributed by atoms with E-state index in [2.05, 4.69) is 15.4 Å². The summed E-state index contributed by atoms with van der Waals surface area (Å²) in [5.41, 5.74) is -0.117. The summed E-state index contributed by atoms with van der Waals surface area (Å²) in [7, 11) is -4.18. The van der Waals surface area contributed by atoms with Crippen LogP contribution in [0, 0.1) is 18.7 Å². The van der Waals surface area contributed by atoms with Gasteiger partial charge in [-0.05, 0) is 70.6 Å². The lowest BCUT2D eigenvalue weighted by Gasteiger charge is -2.30. The van der Waals surface area contributed by atoms with E-state index >= 15 is 0 Å². The van der Waals surface area contributed by atoms with Crippen molar-refractivity contribution < 1.29 is 46.3 Å². The first-order chi connectivity index (χ1) is 26.4. The van der Waals surface area contributed by atoms with Crippen LogP contribution in [0.15, 0.2) is 54.6 Å². The van der Waals surface area contributed by atoms with E-state index in [0.29, 0.717) is 36.0 Å². The molecule has 0 unspecified atom stereocenters. The summed E-state index contributed by atoms with van der Waals surface area (Å²) in [5, 5.41) is 5.47. The number of hydrogen-bond donors (Lipinski definition) is 3. The molecule has 3 N–H and O–H groups in total. The average Bonchev–Trinajstić information content (AvgIpc) is 3.40. The van der Waals surface area contributed by atoms with Gasteiger partial charge in [-0.2, -0.15) is 0 Å². The number of sulfonamides is 1. The van der Waals surface area contributed by atoms with Gasteiger partial charge in [-0.15, -0.1) is 0 Å². The highest BCUT2D eigenvalue weighted by atomic mass is 32.2. The fraction of sp³-hybridized carbons (Fsp3) is 0.525. The standard InChI is InChI=1S/C40H50FN5O9S/c1-25-12-10-13-26(18-25)24-56(52,53)44-36(49)40-20-28(40)15-8-6-5-7-9-17-32(42-37(50)55-39(2,3)4)35(48)46-22-29(19-33(46)34(47)43-40)54-38(51)45-21-27-14-11-16-31(41)30(27)23-45/h8,10-16,18,28-29,32-33H,5-7,9,17,19-24H2,1-4H3,(H,42,50)(H,43,47)(H,44,49)/b15-8-/t28-,29+,32-,33-,40+/m0/s1. The van der Waals surface area contributed by atoms with Gasteiger partial charge in [-0.3, -0.25) is 24.0 Å². The van der Waals surface area contributed by atoms with Crippen molar-refractivity contribution in [2.45, 2.75) is 121 Å². The van der Waals surface area contributed by atoms with Gasteiger partial charge in [-0.1, -0.05) is 67.0 Å². The number of fused-ring (bicyclic) bond motifs is 3. The quantitative estimate of drug-likeness (QED) is 0.355. The van der Waals surface area contributed by atoms with Crippen LogP contribution in [0.4, 0.5) is 14.0 Å². The molecule has 2 aromatic carbocycles. The predicted molar refractivity (Wildman–Crippen MR) is 202 cm³/mol. The first kappa shape index (κ1) is 40.7. The Labute approximate surface area is 326 Å². The second-order valence-corrected chi connectivity index (χ2v) is 17.9. The van der Waals surface area contributed by atoms with Crippen LogP contribution >= 0.6 is 0 Å². The van der Waals surface area contributed by atoms with Crippen LogP contribution in [0.25, 0.3) is 0 Å².